The van der Waals surface area contributed by atoms with Gasteiger partial charge in [0.25, 0.3) is 0 Å². The molecule has 0 amide bonds. The van der Waals surface area contributed by atoms with Crippen molar-refractivity contribution in [3.8, 4) is 0 Å². The molecule has 0 saturated carbocycles. The largest absolute Gasteiger partial charge is 0.461 e. The predicted octanol–water partition coefficient (Wildman–Crippen LogP) is 3.61. The maximum absolute atomic E-state index is 11.3. The zero-order valence-electron chi connectivity index (χ0n) is 9.69. The summed E-state index contributed by atoms with van der Waals surface area (Å²) >= 11 is 7.46. The number of halogens is 1. The Hall–Kier alpha value is -1.39. The van der Waals surface area contributed by atoms with Crippen molar-refractivity contribution in [1.29, 1.82) is 0 Å². The standard InChI is InChI=1S/C13H12ClNO2S/c1-2-7-17-13(16)6-5-12-15-10-4-3-9(14)8-11(10)18-12/h2-4,8H,1,5-7H2. The van der Waals surface area contributed by atoms with Gasteiger partial charge in [-0.3, -0.25) is 4.79 Å². The van der Waals surface area contributed by atoms with Crippen LogP contribution in [0.5, 0.6) is 0 Å². The second-order valence-corrected chi connectivity index (χ2v) is 5.24. The van der Waals surface area contributed by atoms with Crippen LogP contribution >= 0.6 is 22.9 Å². The Morgan fingerprint density at radius 3 is 3.17 bits per heavy atom. The molecule has 0 radical (unpaired) electrons. The first kappa shape index (κ1) is 13.1. The topological polar surface area (TPSA) is 39.2 Å². The molecule has 0 aliphatic carbocycles. The van der Waals surface area contributed by atoms with Crippen LogP contribution in [0, 0.1) is 0 Å². The summed E-state index contributed by atoms with van der Waals surface area (Å²) < 4.78 is 5.94. The van der Waals surface area contributed by atoms with Crippen molar-refractivity contribution in [2.45, 2.75) is 12.8 Å². The normalized spacial score (nSPS) is 10.5. The first-order valence-corrected chi connectivity index (χ1v) is 6.70. The first-order valence-electron chi connectivity index (χ1n) is 5.50. The number of benzene rings is 1. The van der Waals surface area contributed by atoms with Crippen molar-refractivity contribution in [1.82, 2.24) is 4.98 Å². The number of nitrogens with zero attached hydrogens (tertiary/aromatic N) is 1. The van der Waals surface area contributed by atoms with E-state index in [-0.39, 0.29) is 12.6 Å². The molecule has 0 saturated heterocycles. The summed E-state index contributed by atoms with van der Waals surface area (Å²) in [5.74, 6) is -0.229. The van der Waals surface area contributed by atoms with Crippen LogP contribution in [0.3, 0.4) is 0 Å². The van der Waals surface area contributed by atoms with Crippen molar-refractivity contribution in [3.63, 3.8) is 0 Å². The number of hydrogen-bond acceptors (Lipinski definition) is 4. The van der Waals surface area contributed by atoms with Crippen molar-refractivity contribution < 1.29 is 9.53 Å². The lowest BCUT2D eigenvalue weighted by molar-refractivity contribution is -0.142. The van der Waals surface area contributed by atoms with Crippen molar-refractivity contribution in [3.05, 3.63) is 40.9 Å². The van der Waals surface area contributed by atoms with E-state index in [1.165, 1.54) is 0 Å². The average Bonchev–Trinajstić information content (AvgIpc) is 2.75. The van der Waals surface area contributed by atoms with E-state index in [2.05, 4.69) is 11.6 Å². The predicted molar refractivity (Wildman–Crippen MR) is 74.1 cm³/mol. The summed E-state index contributed by atoms with van der Waals surface area (Å²) in [5.41, 5.74) is 0.916. The van der Waals surface area contributed by atoms with Crippen LogP contribution in [0.25, 0.3) is 10.2 Å². The van der Waals surface area contributed by atoms with Gasteiger partial charge in [-0.25, -0.2) is 4.98 Å². The monoisotopic (exact) mass is 281 g/mol. The molecule has 5 heteroatoms. The molecule has 94 valence electrons. The van der Waals surface area contributed by atoms with E-state index in [1.54, 1.807) is 17.4 Å². The minimum absolute atomic E-state index is 0.229. The van der Waals surface area contributed by atoms with E-state index in [0.717, 1.165) is 15.2 Å². The van der Waals surface area contributed by atoms with E-state index in [4.69, 9.17) is 16.3 Å². The van der Waals surface area contributed by atoms with E-state index < -0.39 is 0 Å². The lowest BCUT2D eigenvalue weighted by atomic mass is 10.3. The highest BCUT2D eigenvalue weighted by atomic mass is 35.5. The van der Waals surface area contributed by atoms with Gasteiger partial charge in [-0.15, -0.1) is 11.3 Å². The fourth-order valence-electron chi connectivity index (χ4n) is 1.49. The molecule has 0 aliphatic heterocycles. The molecule has 0 bridgehead atoms. The van der Waals surface area contributed by atoms with Crippen LogP contribution < -0.4 is 0 Å². The van der Waals surface area contributed by atoms with E-state index >= 15 is 0 Å². The molecule has 0 unspecified atom stereocenters. The van der Waals surface area contributed by atoms with E-state index in [0.29, 0.717) is 17.9 Å². The number of esters is 1. The van der Waals surface area contributed by atoms with E-state index in [1.807, 2.05) is 18.2 Å². The molecule has 1 aromatic carbocycles. The summed E-state index contributed by atoms with van der Waals surface area (Å²) in [6, 6.07) is 5.58. The highest BCUT2D eigenvalue weighted by Crippen LogP contribution is 2.25. The Kier molecular flexibility index (Phi) is 4.33. The number of fused-ring (bicyclic) bond motifs is 1. The average molecular weight is 282 g/mol. The van der Waals surface area contributed by atoms with Gasteiger partial charge in [0, 0.05) is 11.4 Å². The molecular weight excluding hydrogens is 270 g/mol. The Morgan fingerprint density at radius 2 is 2.39 bits per heavy atom. The second-order valence-electron chi connectivity index (χ2n) is 3.69. The maximum Gasteiger partial charge on any atom is 0.306 e. The van der Waals surface area contributed by atoms with Gasteiger partial charge in [-0.05, 0) is 18.2 Å². The van der Waals surface area contributed by atoms with Crippen LogP contribution in [0.15, 0.2) is 30.9 Å². The van der Waals surface area contributed by atoms with Crippen LogP contribution in [-0.4, -0.2) is 17.6 Å². The second kappa shape index (κ2) is 5.98. The number of aryl methyl sites for hydroxylation is 1. The fourth-order valence-corrected chi connectivity index (χ4v) is 2.73. The number of carbonyl (C=O) groups excluding carboxylic acids is 1. The van der Waals surface area contributed by atoms with Gasteiger partial charge in [0.15, 0.2) is 0 Å². The first-order chi connectivity index (χ1) is 8.69. The summed E-state index contributed by atoms with van der Waals surface area (Å²) in [5, 5.41) is 1.62. The third-order valence-electron chi connectivity index (χ3n) is 2.30. The Balaban J connectivity index is 1.99. The minimum Gasteiger partial charge on any atom is -0.461 e. The summed E-state index contributed by atoms with van der Waals surface area (Å²) in [6.45, 7) is 3.75. The molecular formula is C13H12ClNO2S. The van der Waals surface area contributed by atoms with Gasteiger partial charge in [-0.2, -0.15) is 0 Å². The van der Waals surface area contributed by atoms with Crippen molar-refractivity contribution >= 4 is 39.1 Å². The van der Waals surface area contributed by atoms with E-state index in [9.17, 15) is 4.79 Å². The van der Waals surface area contributed by atoms with Crippen molar-refractivity contribution in [2.75, 3.05) is 6.61 Å². The fraction of sp³-hybridized carbons (Fsp3) is 0.231. The molecule has 2 rings (SSSR count). The number of hydrogen-bond donors (Lipinski definition) is 0. The lowest BCUT2D eigenvalue weighted by Crippen LogP contribution is -2.05. The minimum atomic E-state index is -0.229. The Bertz CT molecular complexity index is 579. The van der Waals surface area contributed by atoms with Crippen LogP contribution in [0.4, 0.5) is 0 Å². The van der Waals surface area contributed by atoms with Crippen LogP contribution in [0.2, 0.25) is 5.02 Å². The Morgan fingerprint density at radius 1 is 1.56 bits per heavy atom. The number of rotatable bonds is 5. The van der Waals surface area contributed by atoms with Crippen LogP contribution in [0.1, 0.15) is 11.4 Å². The lowest BCUT2D eigenvalue weighted by Gasteiger charge is -1.99. The highest BCUT2D eigenvalue weighted by Gasteiger charge is 2.07. The Labute approximate surface area is 114 Å². The molecule has 2 aromatic rings. The SMILES string of the molecule is C=CCOC(=O)CCc1nc2ccc(Cl)cc2s1. The number of aromatic nitrogens is 1. The van der Waals surface area contributed by atoms with Gasteiger partial charge in [0.05, 0.1) is 21.6 Å². The molecule has 18 heavy (non-hydrogen) atoms. The summed E-state index contributed by atoms with van der Waals surface area (Å²) in [7, 11) is 0. The molecule has 0 fully saturated rings. The van der Waals surface area contributed by atoms with Gasteiger partial charge in [0.2, 0.25) is 0 Å². The van der Waals surface area contributed by atoms with Gasteiger partial charge >= 0.3 is 5.97 Å². The molecule has 0 aliphatic rings. The third kappa shape index (κ3) is 3.31. The van der Waals surface area contributed by atoms with Crippen molar-refractivity contribution in [2.24, 2.45) is 0 Å². The summed E-state index contributed by atoms with van der Waals surface area (Å²) in [6.07, 6.45) is 2.48. The number of ether oxygens (including phenoxy) is 1. The zero-order valence-corrected chi connectivity index (χ0v) is 11.3. The molecule has 0 spiro atoms. The zero-order chi connectivity index (χ0) is 13.0. The molecule has 0 atom stereocenters. The number of carbonyl (C=O) groups is 1. The molecule has 1 aromatic heterocycles. The van der Waals surface area contributed by atoms with Gasteiger partial charge in [0.1, 0.15) is 6.61 Å². The van der Waals surface area contributed by atoms with Gasteiger partial charge < -0.3 is 4.74 Å². The molecule has 1 heterocycles. The smallest absolute Gasteiger partial charge is 0.306 e. The third-order valence-corrected chi connectivity index (χ3v) is 3.61. The molecule has 0 N–H and O–H groups in total. The number of thiazole rings is 1. The quantitative estimate of drug-likeness (QED) is 0.621. The molecule has 3 nitrogen and oxygen atoms in total. The maximum atomic E-state index is 11.3. The van der Waals surface area contributed by atoms with Gasteiger partial charge in [-0.1, -0.05) is 24.3 Å². The van der Waals surface area contributed by atoms with Crippen LogP contribution in [-0.2, 0) is 16.0 Å². The summed E-state index contributed by atoms with van der Waals surface area (Å²) in [4.78, 5) is 15.8. The highest BCUT2D eigenvalue weighted by molar-refractivity contribution is 7.18.